The maximum atomic E-state index is 11.1. The van der Waals surface area contributed by atoms with Gasteiger partial charge in [-0.05, 0) is 13.8 Å². The predicted molar refractivity (Wildman–Crippen MR) is 57.3 cm³/mol. The fourth-order valence-electron chi connectivity index (χ4n) is 1.11. The number of ether oxygens (including phenoxy) is 2. The van der Waals surface area contributed by atoms with Crippen LogP contribution in [0.3, 0.4) is 0 Å². The molecule has 0 aromatic heterocycles. The van der Waals surface area contributed by atoms with Crippen molar-refractivity contribution in [2.45, 2.75) is 38.3 Å². The number of aliphatic hydroxyl groups excluding tert-OH is 4. The van der Waals surface area contributed by atoms with E-state index in [1.807, 2.05) is 0 Å². The summed E-state index contributed by atoms with van der Waals surface area (Å²) in [5.74, 6) is -2.33. The average Bonchev–Trinajstić information content (AvgIpc) is 2.35. The summed E-state index contributed by atoms with van der Waals surface area (Å²) in [7, 11) is 0. The van der Waals surface area contributed by atoms with Crippen LogP contribution >= 0.6 is 0 Å². The standard InChI is InChI=1S/C10H18O8/c1-3-17-9(15)7(13)5(11)6(12)8(14)10(16)18-4-2/h5-8,11-14H,3-4H2,1-2H3/t5-,6-,7-,8+/m0/s1. The average molecular weight is 266 g/mol. The minimum Gasteiger partial charge on any atom is -0.464 e. The second kappa shape index (κ2) is 7.98. The van der Waals surface area contributed by atoms with Gasteiger partial charge in [0.2, 0.25) is 0 Å². The molecule has 0 saturated carbocycles. The van der Waals surface area contributed by atoms with Crippen LogP contribution in [0.4, 0.5) is 0 Å². The number of carbonyl (C=O) groups is 2. The van der Waals surface area contributed by atoms with Crippen LogP contribution in [0.25, 0.3) is 0 Å². The van der Waals surface area contributed by atoms with Gasteiger partial charge in [0.05, 0.1) is 13.2 Å². The van der Waals surface area contributed by atoms with Crippen molar-refractivity contribution in [3.63, 3.8) is 0 Å². The van der Waals surface area contributed by atoms with Crippen molar-refractivity contribution in [1.82, 2.24) is 0 Å². The summed E-state index contributed by atoms with van der Waals surface area (Å²) in [6, 6.07) is 0. The molecule has 0 aliphatic heterocycles. The highest BCUT2D eigenvalue weighted by molar-refractivity contribution is 5.77. The van der Waals surface area contributed by atoms with Crippen molar-refractivity contribution >= 4 is 11.9 Å². The number of esters is 2. The van der Waals surface area contributed by atoms with Crippen LogP contribution in [0.5, 0.6) is 0 Å². The fourth-order valence-corrected chi connectivity index (χ4v) is 1.11. The van der Waals surface area contributed by atoms with Gasteiger partial charge in [0.1, 0.15) is 12.2 Å². The van der Waals surface area contributed by atoms with Gasteiger partial charge in [-0.1, -0.05) is 0 Å². The van der Waals surface area contributed by atoms with Crippen LogP contribution in [0.15, 0.2) is 0 Å². The minimum absolute atomic E-state index is 0.0286. The topological polar surface area (TPSA) is 134 Å². The molecule has 8 nitrogen and oxygen atoms in total. The first-order chi connectivity index (χ1) is 8.36. The summed E-state index contributed by atoms with van der Waals surface area (Å²) in [6.07, 6.45) is -8.26. The third kappa shape index (κ3) is 4.57. The Balaban J connectivity index is 4.52. The van der Waals surface area contributed by atoms with Gasteiger partial charge >= 0.3 is 11.9 Å². The zero-order valence-corrected chi connectivity index (χ0v) is 10.1. The molecule has 0 spiro atoms. The third-order valence-corrected chi connectivity index (χ3v) is 2.05. The van der Waals surface area contributed by atoms with Crippen LogP contribution in [0.2, 0.25) is 0 Å². The normalized spacial score (nSPS) is 17.4. The van der Waals surface area contributed by atoms with E-state index < -0.39 is 36.4 Å². The highest BCUT2D eigenvalue weighted by atomic mass is 16.6. The van der Waals surface area contributed by atoms with Crippen molar-refractivity contribution in [1.29, 1.82) is 0 Å². The summed E-state index contributed by atoms with van der Waals surface area (Å²) in [5.41, 5.74) is 0. The van der Waals surface area contributed by atoms with Crippen molar-refractivity contribution in [3.05, 3.63) is 0 Å². The highest BCUT2D eigenvalue weighted by Gasteiger charge is 2.38. The van der Waals surface area contributed by atoms with E-state index in [1.165, 1.54) is 13.8 Å². The van der Waals surface area contributed by atoms with E-state index in [-0.39, 0.29) is 13.2 Å². The van der Waals surface area contributed by atoms with Gasteiger partial charge < -0.3 is 29.9 Å². The summed E-state index contributed by atoms with van der Waals surface area (Å²) in [5, 5.41) is 37.4. The zero-order chi connectivity index (χ0) is 14.3. The number of aliphatic hydroxyl groups is 4. The number of rotatable bonds is 7. The highest BCUT2D eigenvalue weighted by Crippen LogP contribution is 2.08. The Labute approximate surface area is 104 Å². The molecule has 0 aromatic rings. The first-order valence-corrected chi connectivity index (χ1v) is 5.42. The SMILES string of the molecule is CCOC(=O)[C@@H](O)[C@@H](O)[C@H](O)[C@@H](O)C(=O)OCC. The summed E-state index contributed by atoms with van der Waals surface area (Å²) in [6.45, 7) is 2.92. The molecule has 4 atom stereocenters. The van der Waals surface area contributed by atoms with Gasteiger partial charge in [0.25, 0.3) is 0 Å². The minimum atomic E-state index is -2.07. The lowest BCUT2D eigenvalue weighted by molar-refractivity contribution is -0.178. The van der Waals surface area contributed by atoms with E-state index in [1.54, 1.807) is 0 Å². The molecule has 0 saturated heterocycles. The van der Waals surface area contributed by atoms with E-state index in [0.29, 0.717) is 0 Å². The third-order valence-electron chi connectivity index (χ3n) is 2.05. The molecule has 4 N–H and O–H groups in total. The monoisotopic (exact) mass is 266 g/mol. The summed E-state index contributed by atoms with van der Waals surface area (Å²) >= 11 is 0. The molecule has 0 aliphatic carbocycles. The van der Waals surface area contributed by atoms with Crippen LogP contribution in [-0.4, -0.2) is 70.0 Å². The van der Waals surface area contributed by atoms with Crippen LogP contribution in [-0.2, 0) is 19.1 Å². The molecule has 8 heteroatoms. The fraction of sp³-hybridized carbons (Fsp3) is 0.800. The van der Waals surface area contributed by atoms with Crippen molar-refractivity contribution < 1.29 is 39.5 Å². The molecule has 0 radical (unpaired) electrons. The summed E-state index contributed by atoms with van der Waals surface area (Å²) < 4.78 is 8.81. The van der Waals surface area contributed by atoms with Gasteiger partial charge in [-0.3, -0.25) is 0 Å². The zero-order valence-electron chi connectivity index (χ0n) is 10.1. The van der Waals surface area contributed by atoms with Gasteiger partial charge in [0, 0.05) is 0 Å². The van der Waals surface area contributed by atoms with Crippen molar-refractivity contribution in [2.24, 2.45) is 0 Å². The number of hydrogen-bond donors (Lipinski definition) is 4. The van der Waals surface area contributed by atoms with Gasteiger partial charge in [-0.25, -0.2) is 9.59 Å². The van der Waals surface area contributed by atoms with Gasteiger partial charge in [0.15, 0.2) is 12.2 Å². The van der Waals surface area contributed by atoms with E-state index in [2.05, 4.69) is 9.47 Å². The molecule has 106 valence electrons. The Bertz CT molecular complexity index is 251. The lowest BCUT2D eigenvalue weighted by atomic mass is 10.0. The second-order valence-corrected chi connectivity index (χ2v) is 3.37. The Morgan fingerprint density at radius 1 is 0.833 bits per heavy atom. The lowest BCUT2D eigenvalue weighted by Crippen LogP contribution is -2.50. The predicted octanol–water partition coefficient (Wildman–Crippen LogP) is -2.44. The molecule has 0 aromatic carbocycles. The van der Waals surface area contributed by atoms with E-state index >= 15 is 0 Å². The quantitative estimate of drug-likeness (QED) is 0.373. The molecular weight excluding hydrogens is 248 g/mol. The molecule has 18 heavy (non-hydrogen) atoms. The molecule has 0 amide bonds. The molecule has 0 heterocycles. The molecular formula is C10H18O8. The molecule has 0 unspecified atom stereocenters. The Morgan fingerprint density at radius 2 is 1.11 bits per heavy atom. The Morgan fingerprint density at radius 3 is 1.33 bits per heavy atom. The lowest BCUT2D eigenvalue weighted by Gasteiger charge is -2.24. The largest absolute Gasteiger partial charge is 0.464 e. The summed E-state index contributed by atoms with van der Waals surface area (Å²) in [4.78, 5) is 22.1. The molecule has 0 bridgehead atoms. The molecule has 0 aliphatic rings. The van der Waals surface area contributed by atoms with Crippen LogP contribution in [0.1, 0.15) is 13.8 Å². The maximum Gasteiger partial charge on any atom is 0.337 e. The van der Waals surface area contributed by atoms with Crippen molar-refractivity contribution in [3.8, 4) is 0 Å². The molecule has 0 fully saturated rings. The molecule has 0 rings (SSSR count). The van der Waals surface area contributed by atoms with Gasteiger partial charge in [-0.2, -0.15) is 0 Å². The smallest absolute Gasteiger partial charge is 0.337 e. The first-order valence-electron chi connectivity index (χ1n) is 5.42. The Kier molecular flexibility index (Phi) is 7.44. The van der Waals surface area contributed by atoms with E-state index in [0.717, 1.165) is 0 Å². The number of carbonyl (C=O) groups excluding carboxylic acids is 2. The van der Waals surface area contributed by atoms with Crippen LogP contribution < -0.4 is 0 Å². The van der Waals surface area contributed by atoms with Gasteiger partial charge in [-0.15, -0.1) is 0 Å². The maximum absolute atomic E-state index is 11.1. The van der Waals surface area contributed by atoms with E-state index in [9.17, 15) is 30.0 Å². The van der Waals surface area contributed by atoms with Crippen molar-refractivity contribution in [2.75, 3.05) is 13.2 Å². The first kappa shape index (κ1) is 16.8. The second-order valence-electron chi connectivity index (χ2n) is 3.37. The van der Waals surface area contributed by atoms with E-state index in [4.69, 9.17) is 0 Å². The Hall–Kier alpha value is -1.22. The van der Waals surface area contributed by atoms with Crippen LogP contribution in [0, 0.1) is 0 Å². The number of hydrogen-bond acceptors (Lipinski definition) is 8.